The van der Waals surface area contributed by atoms with Crippen LogP contribution in [-0.2, 0) is 0 Å². The van der Waals surface area contributed by atoms with Gasteiger partial charge in [-0.25, -0.2) is 13.2 Å². The summed E-state index contributed by atoms with van der Waals surface area (Å²) in [5.41, 5.74) is 0. The summed E-state index contributed by atoms with van der Waals surface area (Å²) in [5, 5.41) is -0.669. The first-order valence-corrected chi connectivity index (χ1v) is 2.71. The van der Waals surface area contributed by atoms with Gasteiger partial charge in [0.05, 0.1) is 5.02 Å². The highest BCUT2D eigenvalue weighted by Gasteiger charge is 2.08. The fraction of sp³-hybridized carbons (Fsp3) is 0. The number of hydrogen-bond acceptors (Lipinski definition) is 0. The van der Waals surface area contributed by atoms with E-state index in [0.29, 0.717) is 6.07 Å². The molecule has 1 aromatic carbocycles. The highest BCUT2D eigenvalue weighted by molar-refractivity contribution is 6.30. The van der Waals surface area contributed by atoms with Gasteiger partial charge in [0.15, 0.2) is 11.6 Å². The first-order valence-electron chi connectivity index (χ1n) is 2.33. The van der Waals surface area contributed by atoms with Crippen molar-refractivity contribution in [2.24, 2.45) is 0 Å². The minimum atomic E-state index is -1.30. The SMILES string of the molecule is Fc1[c]c(Cl)c(F)c(F)c1. The molecule has 0 bridgehead atoms. The first kappa shape index (κ1) is 7.41. The van der Waals surface area contributed by atoms with Crippen molar-refractivity contribution in [1.29, 1.82) is 0 Å². The summed E-state index contributed by atoms with van der Waals surface area (Å²) in [6.45, 7) is 0. The zero-order valence-corrected chi connectivity index (χ0v) is 5.35. The maximum absolute atomic E-state index is 12.2. The molecule has 0 N–H and O–H groups in total. The molecule has 0 aliphatic carbocycles. The molecule has 0 saturated heterocycles. The smallest absolute Gasteiger partial charge is 0.178 e. The van der Waals surface area contributed by atoms with Gasteiger partial charge >= 0.3 is 0 Å². The van der Waals surface area contributed by atoms with Gasteiger partial charge in [-0.15, -0.1) is 0 Å². The summed E-state index contributed by atoms with van der Waals surface area (Å²) in [6.07, 6.45) is 0. The molecular weight excluding hydrogens is 165 g/mol. The van der Waals surface area contributed by atoms with Crippen molar-refractivity contribution >= 4 is 11.6 Å². The zero-order valence-electron chi connectivity index (χ0n) is 4.59. The number of halogens is 4. The second kappa shape index (κ2) is 2.50. The normalized spacial score (nSPS) is 10.0. The van der Waals surface area contributed by atoms with E-state index in [-0.39, 0.29) is 0 Å². The van der Waals surface area contributed by atoms with E-state index in [1.54, 1.807) is 6.07 Å². The van der Waals surface area contributed by atoms with Gasteiger partial charge in [0.2, 0.25) is 0 Å². The van der Waals surface area contributed by atoms with Crippen molar-refractivity contribution in [3.63, 3.8) is 0 Å². The lowest BCUT2D eigenvalue weighted by Gasteiger charge is -1.93. The molecule has 0 aromatic heterocycles. The van der Waals surface area contributed by atoms with Crippen molar-refractivity contribution < 1.29 is 13.2 Å². The summed E-state index contributed by atoms with van der Waals surface area (Å²) in [4.78, 5) is 0. The fourth-order valence-electron chi connectivity index (χ4n) is 0.475. The lowest BCUT2D eigenvalue weighted by Crippen LogP contribution is -1.87. The largest absolute Gasteiger partial charge is 0.206 e. The highest BCUT2D eigenvalue weighted by atomic mass is 35.5. The summed E-state index contributed by atoms with van der Waals surface area (Å²) < 4.78 is 36.4. The standard InChI is InChI=1S/C6HClF3/c7-4-1-3(8)2-5(9)6(4)10/h2H. The molecule has 1 radical (unpaired) electrons. The van der Waals surface area contributed by atoms with E-state index in [9.17, 15) is 13.2 Å². The van der Waals surface area contributed by atoms with Crippen LogP contribution < -0.4 is 0 Å². The average molecular weight is 166 g/mol. The lowest BCUT2D eigenvalue weighted by atomic mass is 10.3. The van der Waals surface area contributed by atoms with Crippen LogP contribution in [0, 0.1) is 23.5 Å². The van der Waals surface area contributed by atoms with E-state index in [2.05, 4.69) is 0 Å². The highest BCUT2D eigenvalue weighted by Crippen LogP contribution is 2.17. The minimum absolute atomic E-state index is 0.376. The third-order valence-corrected chi connectivity index (χ3v) is 1.15. The summed E-state index contributed by atoms with van der Waals surface area (Å²) in [6, 6.07) is 2.14. The van der Waals surface area contributed by atoms with Crippen LogP contribution in [0.5, 0.6) is 0 Å². The van der Waals surface area contributed by atoms with Gasteiger partial charge in [0, 0.05) is 12.1 Å². The van der Waals surface area contributed by atoms with Gasteiger partial charge in [-0.1, -0.05) is 11.6 Å². The molecule has 0 aliphatic rings. The Morgan fingerprint density at radius 1 is 1.30 bits per heavy atom. The molecule has 0 fully saturated rings. The van der Waals surface area contributed by atoms with E-state index in [0.717, 1.165) is 0 Å². The molecule has 0 heterocycles. The van der Waals surface area contributed by atoms with Crippen molar-refractivity contribution in [3.8, 4) is 0 Å². The monoisotopic (exact) mass is 165 g/mol. The molecule has 0 aliphatic heterocycles. The maximum atomic E-state index is 12.2. The number of benzene rings is 1. The molecule has 4 heteroatoms. The zero-order chi connectivity index (χ0) is 7.72. The molecule has 1 aromatic rings. The van der Waals surface area contributed by atoms with Crippen LogP contribution in [0.4, 0.5) is 13.2 Å². The average Bonchev–Trinajstić information content (AvgIpc) is 1.82. The van der Waals surface area contributed by atoms with Crippen LogP contribution in [0.3, 0.4) is 0 Å². The van der Waals surface area contributed by atoms with Crippen LogP contribution >= 0.6 is 11.6 Å². The van der Waals surface area contributed by atoms with Crippen LogP contribution in [0.1, 0.15) is 0 Å². The Morgan fingerprint density at radius 2 is 1.90 bits per heavy atom. The van der Waals surface area contributed by atoms with Crippen LogP contribution in [0.25, 0.3) is 0 Å². The van der Waals surface area contributed by atoms with E-state index < -0.39 is 22.5 Å². The van der Waals surface area contributed by atoms with E-state index in [1.165, 1.54) is 0 Å². The second-order valence-corrected chi connectivity index (χ2v) is 1.97. The van der Waals surface area contributed by atoms with E-state index >= 15 is 0 Å². The predicted molar refractivity (Wildman–Crippen MR) is 30.2 cm³/mol. The van der Waals surface area contributed by atoms with Crippen molar-refractivity contribution in [2.75, 3.05) is 0 Å². The van der Waals surface area contributed by atoms with Crippen LogP contribution in [0.15, 0.2) is 6.07 Å². The number of rotatable bonds is 0. The van der Waals surface area contributed by atoms with Gasteiger partial charge in [0.25, 0.3) is 0 Å². The second-order valence-electron chi connectivity index (χ2n) is 1.59. The summed E-state index contributed by atoms with van der Waals surface area (Å²) in [7, 11) is 0. The molecule has 0 saturated carbocycles. The Morgan fingerprint density at radius 3 is 2.40 bits per heavy atom. The third-order valence-electron chi connectivity index (χ3n) is 0.885. The van der Waals surface area contributed by atoms with Crippen molar-refractivity contribution in [3.05, 3.63) is 34.6 Å². The van der Waals surface area contributed by atoms with Crippen molar-refractivity contribution in [2.45, 2.75) is 0 Å². The Labute approximate surface area is 60.2 Å². The van der Waals surface area contributed by atoms with Gasteiger partial charge in [0.1, 0.15) is 5.82 Å². The third kappa shape index (κ3) is 1.24. The minimum Gasteiger partial charge on any atom is -0.206 e. The quantitative estimate of drug-likeness (QED) is 0.409. The van der Waals surface area contributed by atoms with Crippen molar-refractivity contribution in [1.82, 2.24) is 0 Å². The molecule has 0 nitrogen and oxygen atoms in total. The molecule has 0 atom stereocenters. The topological polar surface area (TPSA) is 0 Å². The molecule has 10 heavy (non-hydrogen) atoms. The Kier molecular flexibility index (Phi) is 1.85. The van der Waals surface area contributed by atoms with E-state index in [1.807, 2.05) is 0 Å². The molecule has 0 unspecified atom stereocenters. The maximum Gasteiger partial charge on any atom is 0.178 e. The molecule has 0 amide bonds. The Balaban J connectivity index is 3.31. The summed E-state index contributed by atoms with van der Waals surface area (Å²) in [5.74, 6) is -3.59. The Hall–Kier alpha value is -0.700. The van der Waals surface area contributed by atoms with Gasteiger partial charge in [-0.2, -0.15) is 0 Å². The predicted octanol–water partition coefficient (Wildman–Crippen LogP) is 2.56. The van der Waals surface area contributed by atoms with Gasteiger partial charge in [-0.3, -0.25) is 0 Å². The van der Waals surface area contributed by atoms with Crippen LogP contribution in [0.2, 0.25) is 5.02 Å². The molecule has 0 spiro atoms. The Bertz CT molecular complexity index is 236. The fourth-order valence-corrected chi connectivity index (χ4v) is 0.656. The lowest BCUT2D eigenvalue weighted by molar-refractivity contribution is 0.494. The van der Waals surface area contributed by atoms with Crippen LogP contribution in [-0.4, -0.2) is 0 Å². The molecule has 53 valence electrons. The number of hydrogen-bond donors (Lipinski definition) is 0. The molecule has 1 rings (SSSR count). The van der Waals surface area contributed by atoms with Gasteiger partial charge in [-0.05, 0) is 0 Å². The van der Waals surface area contributed by atoms with E-state index in [4.69, 9.17) is 11.6 Å². The molecular formula is C6HClF3. The summed E-state index contributed by atoms with van der Waals surface area (Å²) >= 11 is 5.01. The first-order chi connectivity index (χ1) is 4.61. The van der Waals surface area contributed by atoms with Gasteiger partial charge < -0.3 is 0 Å².